The Hall–Kier alpha value is -0.570. The molecule has 14 heavy (non-hydrogen) atoms. The fourth-order valence-corrected chi connectivity index (χ4v) is 1.84. The van der Waals surface area contributed by atoms with Gasteiger partial charge in [0.05, 0.1) is 0 Å². The molecule has 1 aromatic rings. The van der Waals surface area contributed by atoms with E-state index in [1.54, 1.807) is 0 Å². The van der Waals surface area contributed by atoms with E-state index in [4.69, 9.17) is 17.3 Å². The molecule has 0 spiro atoms. The van der Waals surface area contributed by atoms with E-state index in [2.05, 4.69) is 4.90 Å². The number of rotatable bonds is 4. The number of nitrogens with zero attached hydrogens (tertiary/aromatic N) is 1. The maximum Gasteiger partial charge on any atom is 0.0441 e. The van der Waals surface area contributed by atoms with Crippen LogP contribution >= 0.6 is 11.6 Å². The maximum atomic E-state index is 6.11. The second-order valence-corrected chi connectivity index (χ2v) is 4.12. The first-order valence-electron chi connectivity index (χ1n) is 4.74. The lowest BCUT2D eigenvalue weighted by Crippen LogP contribution is -2.26. The van der Waals surface area contributed by atoms with Gasteiger partial charge in [-0.15, -0.1) is 0 Å². The van der Waals surface area contributed by atoms with Gasteiger partial charge in [0.15, 0.2) is 0 Å². The quantitative estimate of drug-likeness (QED) is 0.827. The molecular formula is C11H17ClN2. The molecular weight excluding hydrogens is 196 g/mol. The van der Waals surface area contributed by atoms with Crippen LogP contribution in [0.3, 0.4) is 0 Å². The van der Waals surface area contributed by atoms with Crippen molar-refractivity contribution in [2.45, 2.75) is 5.92 Å². The Labute approximate surface area is 90.7 Å². The van der Waals surface area contributed by atoms with Gasteiger partial charge in [-0.1, -0.05) is 29.8 Å². The fraction of sp³-hybridized carbons (Fsp3) is 0.455. The van der Waals surface area contributed by atoms with Crippen LogP contribution in [0.5, 0.6) is 0 Å². The highest BCUT2D eigenvalue weighted by Crippen LogP contribution is 2.23. The number of nitrogens with two attached hydrogens (primary N) is 1. The predicted molar refractivity (Wildman–Crippen MR) is 61.8 cm³/mol. The zero-order chi connectivity index (χ0) is 10.6. The number of likely N-dealkylation sites (N-methyl/N-ethyl adjacent to an activating group) is 1. The van der Waals surface area contributed by atoms with Crippen molar-refractivity contribution in [2.24, 2.45) is 5.73 Å². The largest absolute Gasteiger partial charge is 0.330 e. The summed E-state index contributed by atoms with van der Waals surface area (Å²) in [6, 6.07) is 7.90. The highest BCUT2D eigenvalue weighted by atomic mass is 35.5. The zero-order valence-corrected chi connectivity index (χ0v) is 9.46. The SMILES string of the molecule is CN(C)CC(CN)c1ccccc1Cl. The lowest BCUT2D eigenvalue weighted by molar-refractivity contribution is 0.375. The standard InChI is InChI=1S/C11H17ClN2/c1-14(2)8-9(7-13)10-5-3-4-6-11(10)12/h3-6,9H,7-8,13H2,1-2H3. The molecule has 1 aromatic carbocycles. The van der Waals surface area contributed by atoms with E-state index >= 15 is 0 Å². The summed E-state index contributed by atoms with van der Waals surface area (Å²) in [5.74, 6) is 0.318. The van der Waals surface area contributed by atoms with Gasteiger partial charge in [-0.05, 0) is 25.7 Å². The third-order valence-corrected chi connectivity index (χ3v) is 2.56. The van der Waals surface area contributed by atoms with E-state index in [9.17, 15) is 0 Å². The van der Waals surface area contributed by atoms with Crippen molar-refractivity contribution in [3.05, 3.63) is 34.9 Å². The molecule has 0 saturated heterocycles. The second-order valence-electron chi connectivity index (χ2n) is 3.72. The third kappa shape index (κ3) is 2.98. The van der Waals surface area contributed by atoms with Crippen molar-refractivity contribution in [3.63, 3.8) is 0 Å². The lowest BCUT2D eigenvalue weighted by Gasteiger charge is -2.20. The van der Waals surface area contributed by atoms with E-state index in [0.717, 1.165) is 17.1 Å². The smallest absolute Gasteiger partial charge is 0.0441 e. The molecule has 1 unspecified atom stereocenters. The van der Waals surface area contributed by atoms with Gasteiger partial charge in [-0.25, -0.2) is 0 Å². The molecule has 0 aliphatic heterocycles. The summed E-state index contributed by atoms with van der Waals surface area (Å²) < 4.78 is 0. The first kappa shape index (κ1) is 11.5. The number of hydrogen-bond acceptors (Lipinski definition) is 2. The van der Waals surface area contributed by atoms with Crippen LogP contribution in [0.2, 0.25) is 5.02 Å². The average molecular weight is 213 g/mol. The van der Waals surface area contributed by atoms with Gasteiger partial charge in [0, 0.05) is 24.0 Å². The van der Waals surface area contributed by atoms with Gasteiger partial charge in [0.2, 0.25) is 0 Å². The van der Waals surface area contributed by atoms with E-state index in [0.29, 0.717) is 12.5 Å². The molecule has 0 aliphatic carbocycles. The summed E-state index contributed by atoms with van der Waals surface area (Å²) in [6.07, 6.45) is 0. The summed E-state index contributed by atoms with van der Waals surface area (Å²) >= 11 is 6.11. The summed E-state index contributed by atoms with van der Waals surface area (Å²) in [7, 11) is 4.08. The Kier molecular flexibility index (Phi) is 4.39. The molecule has 3 heteroatoms. The number of benzene rings is 1. The molecule has 0 bridgehead atoms. The van der Waals surface area contributed by atoms with Crippen LogP contribution in [-0.4, -0.2) is 32.1 Å². The monoisotopic (exact) mass is 212 g/mol. The third-order valence-electron chi connectivity index (χ3n) is 2.22. The van der Waals surface area contributed by atoms with E-state index in [1.165, 1.54) is 0 Å². The normalized spacial score (nSPS) is 13.2. The van der Waals surface area contributed by atoms with Gasteiger partial charge >= 0.3 is 0 Å². The lowest BCUT2D eigenvalue weighted by atomic mass is 9.99. The molecule has 0 fully saturated rings. The van der Waals surface area contributed by atoms with Crippen LogP contribution in [0.25, 0.3) is 0 Å². The van der Waals surface area contributed by atoms with Crippen LogP contribution < -0.4 is 5.73 Å². The highest BCUT2D eigenvalue weighted by Gasteiger charge is 2.13. The molecule has 78 valence electrons. The molecule has 2 N–H and O–H groups in total. The Balaban J connectivity index is 2.83. The van der Waals surface area contributed by atoms with E-state index < -0.39 is 0 Å². The van der Waals surface area contributed by atoms with E-state index in [-0.39, 0.29) is 0 Å². The van der Waals surface area contributed by atoms with Gasteiger partial charge in [-0.3, -0.25) is 0 Å². The molecule has 0 saturated carbocycles. The predicted octanol–water partition coefficient (Wildman–Crippen LogP) is 1.94. The summed E-state index contributed by atoms with van der Waals surface area (Å²) in [4.78, 5) is 2.13. The van der Waals surface area contributed by atoms with Crippen molar-refractivity contribution >= 4 is 11.6 Å². The summed E-state index contributed by atoms with van der Waals surface area (Å²) in [5.41, 5.74) is 6.88. The highest BCUT2D eigenvalue weighted by molar-refractivity contribution is 6.31. The molecule has 0 aromatic heterocycles. The second kappa shape index (κ2) is 5.35. The van der Waals surface area contributed by atoms with Gasteiger partial charge in [0.1, 0.15) is 0 Å². The zero-order valence-electron chi connectivity index (χ0n) is 8.70. The minimum atomic E-state index is 0.318. The van der Waals surface area contributed by atoms with Crippen LogP contribution in [0.1, 0.15) is 11.5 Å². The van der Waals surface area contributed by atoms with Crippen molar-refractivity contribution in [2.75, 3.05) is 27.2 Å². The summed E-state index contributed by atoms with van der Waals surface area (Å²) in [6.45, 7) is 1.56. The molecule has 0 radical (unpaired) electrons. The molecule has 1 atom stereocenters. The molecule has 2 nitrogen and oxygen atoms in total. The van der Waals surface area contributed by atoms with Gasteiger partial charge < -0.3 is 10.6 Å². The van der Waals surface area contributed by atoms with Gasteiger partial charge in [-0.2, -0.15) is 0 Å². The molecule has 0 heterocycles. The maximum absolute atomic E-state index is 6.11. The first-order valence-corrected chi connectivity index (χ1v) is 5.12. The average Bonchev–Trinajstić information content (AvgIpc) is 2.15. The van der Waals surface area contributed by atoms with Crippen molar-refractivity contribution in [3.8, 4) is 0 Å². The van der Waals surface area contributed by atoms with Crippen LogP contribution in [-0.2, 0) is 0 Å². The topological polar surface area (TPSA) is 29.3 Å². The van der Waals surface area contributed by atoms with Gasteiger partial charge in [0.25, 0.3) is 0 Å². The van der Waals surface area contributed by atoms with Crippen molar-refractivity contribution in [1.82, 2.24) is 4.90 Å². The van der Waals surface area contributed by atoms with Crippen molar-refractivity contribution < 1.29 is 0 Å². The molecule has 0 aliphatic rings. The minimum Gasteiger partial charge on any atom is -0.330 e. The van der Waals surface area contributed by atoms with Crippen LogP contribution in [0.4, 0.5) is 0 Å². The minimum absolute atomic E-state index is 0.318. The number of halogens is 1. The van der Waals surface area contributed by atoms with E-state index in [1.807, 2.05) is 38.4 Å². The van der Waals surface area contributed by atoms with Crippen LogP contribution in [0, 0.1) is 0 Å². The molecule has 1 rings (SSSR count). The Morgan fingerprint density at radius 1 is 1.36 bits per heavy atom. The number of hydrogen-bond donors (Lipinski definition) is 1. The van der Waals surface area contributed by atoms with Crippen LogP contribution in [0.15, 0.2) is 24.3 Å². The fourth-order valence-electron chi connectivity index (χ4n) is 1.55. The van der Waals surface area contributed by atoms with Crippen molar-refractivity contribution in [1.29, 1.82) is 0 Å². The Bertz CT molecular complexity index is 286. The summed E-state index contributed by atoms with van der Waals surface area (Å²) in [5, 5.41) is 0.810. The molecule has 0 amide bonds. The Morgan fingerprint density at radius 2 is 2.00 bits per heavy atom. The Morgan fingerprint density at radius 3 is 2.50 bits per heavy atom. The first-order chi connectivity index (χ1) is 6.65.